The van der Waals surface area contributed by atoms with Crippen LogP contribution in [0.4, 0.5) is 0 Å². The van der Waals surface area contributed by atoms with Gasteiger partial charge in [0, 0.05) is 25.4 Å². The Morgan fingerprint density at radius 2 is 2.06 bits per heavy atom. The van der Waals surface area contributed by atoms with E-state index in [1.807, 2.05) is 4.90 Å². The van der Waals surface area contributed by atoms with Crippen molar-refractivity contribution in [3.8, 4) is 0 Å². The molecular formula is C15H27NO2. The zero-order valence-corrected chi connectivity index (χ0v) is 12.2. The minimum absolute atomic E-state index is 0.0181. The third-order valence-electron chi connectivity index (χ3n) is 3.77. The Morgan fingerprint density at radius 3 is 2.56 bits per heavy atom. The topological polar surface area (TPSA) is 37.4 Å². The van der Waals surface area contributed by atoms with Crippen molar-refractivity contribution in [2.75, 3.05) is 13.1 Å². The summed E-state index contributed by atoms with van der Waals surface area (Å²) in [5.41, 5.74) is 0.0181. The Bertz CT molecular complexity index is 293. The third-order valence-corrected chi connectivity index (χ3v) is 3.77. The minimum atomic E-state index is 0.0181. The number of aldehydes is 1. The number of carbonyl (C=O) groups excluding carboxylic acids is 2. The van der Waals surface area contributed by atoms with Crippen molar-refractivity contribution in [1.82, 2.24) is 4.90 Å². The van der Waals surface area contributed by atoms with E-state index in [1.165, 1.54) is 0 Å². The maximum Gasteiger partial charge on any atom is 0.223 e. The van der Waals surface area contributed by atoms with E-state index in [9.17, 15) is 9.59 Å². The van der Waals surface area contributed by atoms with E-state index in [-0.39, 0.29) is 17.2 Å². The van der Waals surface area contributed by atoms with Gasteiger partial charge in [-0.25, -0.2) is 0 Å². The summed E-state index contributed by atoms with van der Waals surface area (Å²) in [6.45, 7) is 9.80. The molecule has 1 rings (SSSR count). The summed E-state index contributed by atoms with van der Waals surface area (Å²) < 4.78 is 0. The largest absolute Gasteiger partial charge is 0.342 e. The van der Waals surface area contributed by atoms with Gasteiger partial charge in [-0.2, -0.15) is 0 Å². The van der Waals surface area contributed by atoms with Crippen molar-refractivity contribution < 1.29 is 9.59 Å². The Kier molecular flexibility index (Phi) is 5.36. The highest BCUT2D eigenvalue weighted by Gasteiger charge is 2.29. The van der Waals surface area contributed by atoms with Gasteiger partial charge in [-0.1, -0.05) is 34.1 Å². The molecule has 0 saturated carbocycles. The number of hydrogen-bond acceptors (Lipinski definition) is 2. The lowest BCUT2D eigenvalue weighted by Crippen LogP contribution is -2.37. The quantitative estimate of drug-likeness (QED) is 0.725. The van der Waals surface area contributed by atoms with Gasteiger partial charge in [0.25, 0.3) is 0 Å². The van der Waals surface area contributed by atoms with E-state index in [0.717, 1.165) is 32.1 Å². The van der Waals surface area contributed by atoms with Crippen LogP contribution in [0.1, 0.15) is 53.4 Å². The number of amides is 1. The average molecular weight is 253 g/mol. The van der Waals surface area contributed by atoms with Crippen LogP contribution >= 0.6 is 0 Å². The SMILES string of the molecule is CCC1CCCN(C(=O)CC(C)(C)C)CC1C=O. The zero-order chi connectivity index (χ0) is 13.8. The molecule has 1 aliphatic heterocycles. The summed E-state index contributed by atoms with van der Waals surface area (Å²) in [5, 5.41) is 0. The van der Waals surface area contributed by atoms with Crippen LogP contribution < -0.4 is 0 Å². The smallest absolute Gasteiger partial charge is 0.223 e. The zero-order valence-electron chi connectivity index (χ0n) is 12.2. The summed E-state index contributed by atoms with van der Waals surface area (Å²) >= 11 is 0. The predicted octanol–water partition coefficient (Wildman–Crippen LogP) is 2.89. The molecule has 18 heavy (non-hydrogen) atoms. The molecule has 1 aliphatic rings. The van der Waals surface area contributed by atoms with Gasteiger partial charge in [-0.3, -0.25) is 4.79 Å². The maximum atomic E-state index is 12.2. The highest BCUT2D eigenvalue weighted by Crippen LogP contribution is 2.27. The summed E-state index contributed by atoms with van der Waals surface area (Å²) in [6, 6.07) is 0. The fourth-order valence-electron chi connectivity index (χ4n) is 2.71. The normalized spacial score (nSPS) is 25.7. The van der Waals surface area contributed by atoms with Crippen molar-refractivity contribution in [3.05, 3.63) is 0 Å². The molecule has 1 saturated heterocycles. The first-order valence-corrected chi connectivity index (χ1v) is 7.10. The van der Waals surface area contributed by atoms with Crippen molar-refractivity contribution in [2.45, 2.75) is 53.4 Å². The second-order valence-electron chi connectivity index (χ2n) is 6.69. The Balaban J connectivity index is 2.67. The highest BCUT2D eigenvalue weighted by molar-refractivity contribution is 5.77. The van der Waals surface area contributed by atoms with Crippen LogP contribution in [0.25, 0.3) is 0 Å². The van der Waals surface area contributed by atoms with Gasteiger partial charge in [0.1, 0.15) is 6.29 Å². The lowest BCUT2D eigenvalue weighted by molar-refractivity contribution is -0.133. The lowest BCUT2D eigenvalue weighted by Gasteiger charge is -2.27. The maximum absolute atomic E-state index is 12.2. The van der Waals surface area contributed by atoms with Crippen molar-refractivity contribution in [1.29, 1.82) is 0 Å². The molecule has 3 heteroatoms. The second-order valence-corrected chi connectivity index (χ2v) is 6.69. The predicted molar refractivity (Wildman–Crippen MR) is 73.2 cm³/mol. The fraction of sp³-hybridized carbons (Fsp3) is 0.867. The van der Waals surface area contributed by atoms with Gasteiger partial charge in [-0.05, 0) is 24.2 Å². The minimum Gasteiger partial charge on any atom is -0.342 e. The van der Waals surface area contributed by atoms with Crippen LogP contribution in [0, 0.1) is 17.3 Å². The van der Waals surface area contributed by atoms with Crippen LogP contribution in [-0.2, 0) is 9.59 Å². The van der Waals surface area contributed by atoms with E-state index in [4.69, 9.17) is 0 Å². The van der Waals surface area contributed by atoms with E-state index in [1.54, 1.807) is 0 Å². The van der Waals surface area contributed by atoms with Crippen molar-refractivity contribution in [2.24, 2.45) is 17.3 Å². The Hall–Kier alpha value is -0.860. The van der Waals surface area contributed by atoms with Gasteiger partial charge >= 0.3 is 0 Å². The van der Waals surface area contributed by atoms with Gasteiger partial charge in [0.05, 0.1) is 0 Å². The molecular weight excluding hydrogens is 226 g/mol. The summed E-state index contributed by atoms with van der Waals surface area (Å²) in [6.07, 6.45) is 4.74. The van der Waals surface area contributed by atoms with Crippen LogP contribution in [0.15, 0.2) is 0 Å². The van der Waals surface area contributed by atoms with Crippen molar-refractivity contribution >= 4 is 12.2 Å². The first-order valence-electron chi connectivity index (χ1n) is 7.10. The monoisotopic (exact) mass is 253 g/mol. The van der Waals surface area contributed by atoms with Gasteiger partial charge in [0.2, 0.25) is 5.91 Å². The standard InChI is InChI=1S/C15H27NO2/c1-5-12-7-6-8-16(10-13(12)11-17)14(18)9-15(2,3)4/h11-13H,5-10H2,1-4H3. The first-order chi connectivity index (χ1) is 8.37. The van der Waals surface area contributed by atoms with Crippen LogP contribution in [0.2, 0.25) is 0 Å². The molecule has 0 N–H and O–H groups in total. The Morgan fingerprint density at radius 1 is 1.39 bits per heavy atom. The number of rotatable bonds is 3. The molecule has 0 bridgehead atoms. The molecule has 0 aliphatic carbocycles. The van der Waals surface area contributed by atoms with Gasteiger partial charge in [0.15, 0.2) is 0 Å². The molecule has 2 unspecified atom stereocenters. The molecule has 104 valence electrons. The number of likely N-dealkylation sites (tertiary alicyclic amines) is 1. The molecule has 0 aromatic heterocycles. The molecule has 0 aromatic rings. The molecule has 0 spiro atoms. The van der Waals surface area contributed by atoms with Crippen LogP contribution in [-0.4, -0.2) is 30.2 Å². The first kappa shape index (κ1) is 15.2. The number of nitrogens with zero attached hydrogens (tertiary/aromatic N) is 1. The summed E-state index contributed by atoms with van der Waals surface area (Å²) in [7, 11) is 0. The lowest BCUT2D eigenvalue weighted by atomic mass is 9.88. The summed E-state index contributed by atoms with van der Waals surface area (Å²) in [5.74, 6) is 0.683. The second kappa shape index (κ2) is 6.35. The molecule has 1 amide bonds. The highest BCUT2D eigenvalue weighted by atomic mass is 16.2. The van der Waals surface area contributed by atoms with Crippen molar-refractivity contribution in [3.63, 3.8) is 0 Å². The Labute approximate surface area is 111 Å². The van der Waals surface area contributed by atoms with E-state index >= 15 is 0 Å². The van der Waals surface area contributed by atoms with Gasteiger partial charge < -0.3 is 9.69 Å². The van der Waals surface area contributed by atoms with E-state index in [0.29, 0.717) is 18.9 Å². The number of hydrogen-bond donors (Lipinski definition) is 0. The molecule has 0 aromatic carbocycles. The van der Waals surface area contributed by atoms with Crippen LogP contribution in [0.3, 0.4) is 0 Å². The van der Waals surface area contributed by atoms with Crippen LogP contribution in [0.5, 0.6) is 0 Å². The van der Waals surface area contributed by atoms with Gasteiger partial charge in [-0.15, -0.1) is 0 Å². The number of carbonyl (C=O) groups is 2. The molecule has 3 nitrogen and oxygen atoms in total. The third kappa shape index (κ3) is 4.43. The summed E-state index contributed by atoms with van der Waals surface area (Å²) in [4.78, 5) is 25.3. The van der Waals surface area contributed by atoms with E-state index in [2.05, 4.69) is 27.7 Å². The van der Waals surface area contributed by atoms with E-state index < -0.39 is 0 Å². The fourth-order valence-corrected chi connectivity index (χ4v) is 2.71. The molecule has 0 radical (unpaired) electrons. The molecule has 1 fully saturated rings. The average Bonchev–Trinajstić information content (AvgIpc) is 2.47. The molecule has 2 atom stereocenters. The molecule has 1 heterocycles.